The number of hydrogen-bond donors (Lipinski definition) is 1. The minimum Gasteiger partial charge on any atom is -0.493 e. The summed E-state index contributed by atoms with van der Waals surface area (Å²) in [5.74, 6) is 0.714. The van der Waals surface area contributed by atoms with E-state index in [1.807, 2.05) is 6.92 Å². The molecular weight excluding hydrogens is 200 g/mol. The highest BCUT2D eigenvalue weighted by Gasteiger charge is 2.09. The largest absolute Gasteiger partial charge is 0.493 e. The molecule has 1 rings (SSSR count). The van der Waals surface area contributed by atoms with Crippen LogP contribution in [0.4, 0.5) is 0 Å². The minimum absolute atomic E-state index is 0.555. The van der Waals surface area contributed by atoms with Crippen molar-refractivity contribution in [1.82, 2.24) is 0 Å². The highest BCUT2D eigenvalue weighted by atomic mass is 35.5. The first-order valence-electron chi connectivity index (χ1n) is 4.75. The van der Waals surface area contributed by atoms with Gasteiger partial charge in [-0.3, -0.25) is 0 Å². The molecular formula is C11H15ClO2. The quantitative estimate of drug-likeness (QED) is 0.834. The number of benzene rings is 1. The van der Waals surface area contributed by atoms with Crippen molar-refractivity contribution in [3.63, 3.8) is 0 Å². The van der Waals surface area contributed by atoms with Gasteiger partial charge in [-0.25, -0.2) is 0 Å². The summed E-state index contributed by atoms with van der Waals surface area (Å²) in [4.78, 5) is 0. The predicted molar refractivity (Wildman–Crippen MR) is 57.9 cm³/mol. The second-order valence-corrected chi connectivity index (χ2v) is 3.64. The van der Waals surface area contributed by atoms with Gasteiger partial charge in [0.2, 0.25) is 0 Å². The lowest BCUT2D eigenvalue weighted by molar-refractivity contribution is 0.191. The number of ether oxygens (including phenoxy) is 1. The highest BCUT2D eigenvalue weighted by Crippen LogP contribution is 2.28. The van der Waals surface area contributed by atoms with Gasteiger partial charge in [0.25, 0.3) is 0 Å². The highest BCUT2D eigenvalue weighted by molar-refractivity contribution is 6.30. The van der Waals surface area contributed by atoms with E-state index in [2.05, 4.69) is 0 Å². The van der Waals surface area contributed by atoms with Crippen LogP contribution in [0.15, 0.2) is 18.2 Å². The number of aliphatic hydroxyl groups excluding tert-OH is 1. The van der Waals surface area contributed by atoms with Gasteiger partial charge >= 0.3 is 0 Å². The first kappa shape index (κ1) is 11.3. The molecule has 1 N–H and O–H groups in total. The van der Waals surface area contributed by atoms with Crippen LogP contribution in [0.5, 0.6) is 5.75 Å². The molecule has 14 heavy (non-hydrogen) atoms. The zero-order valence-electron chi connectivity index (χ0n) is 8.46. The maximum Gasteiger partial charge on any atom is 0.125 e. The molecule has 3 heteroatoms. The summed E-state index contributed by atoms with van der Waals surface area (Å²) in [5.41, 5.74) is 0.742. The molecule has 78 valence electrons. The summed E-state index contributed by atoms with van der Waals surface area (Å²) in [7, 11) is 0. The third kappa shape index (κ3) is 2.89. The molecule has 2 nitrogen and oxygen atoms in total. The van der Waals surface area contributed by atoms with Crippen LogP contribution >= 0.6 is 11.6 Å². The van der Waals surface area contributed by atoms with Gasteiger partial charge in [0.05, 0.1) is 12.7 Å². The van der Waals surface area contributed by atoms with Gasteiger partial charge in [0.1, 0.15) is 5.75 Å². The van der Waals surface area contributed by atoms with E-state index in [1.165, 1.54) is 0 Å². The van der Waals surface area contributed by atoms with Crippen molar-refractivity contribution in [2.75, 3.05) is 6.61 Å². The molecule has 0 saturated carbocycles. The van der Waals surface area contributed by atoms with Gasteiger partial charge in [0.15, 0.2) is 0 Å². The molecule has 0 aliphatic carbocycles. The second kappa shape index (κ2) is 5.23. The lowest BCUT2D eigenvalue weighted by atomic mass is 10.1. The lowest BCUT2D eigenvalue weighted by Gasteiger charge is -2.13. The van der Waals surface area contributed by atoms with Crippen LogP contribution in [-0.4, -0.2) is 11.7 Å². The van der Waals surface area contributed by atoms with Gasteiger partial charge in [-0.15, -0.1) is 0 Å². The average molecular weight is 215 g/mol. The summed E-state index contributed by atoms with van der Waals surface area (Å²) in [6, 6.07) is 5.29. The van der Waals surface area contributed by atoms with Crippen molar-refractivity contribution in [2.45, 2.75) is 26.4 Å². The Morgan fingerprint density at radius 2 is 2.21 bits per heavy atom. The summed E-state index contributed by atoms with van der Waals surface area (Å²) in [6.45, 7) is 4.39. The van der Waals surface area contributed by atoms with Crippen molar-refractivity contribution in [1.29, 1.82) is 0 Å². The Kier molecular flexibility index (Phi) is 4.23. The van der Waals surface area contributed by atoms with E-state index in [9.17, 15) is 5.11 Å². The van der Waals surface area contributed by atoms with Gasteiger partial charge in [-0.1, -0.05) is 18.5 Å². The van der Waals surface area contributed by atoms with Crippen molar-refractivity contribution in [2.24, 2.45) is 0 Å². The maximum atomic E-state index is 9.49. The summed E-state index contributed by atoms with van der Waals surface area (Å²) in [6.07, 6.45) is 0.391. The van der Waals surface area contributed by atoms with Crippen molar-refractivity contribution >= 4 is 11.6 Å². The molecule has 0 saturated heterocycles. The predicted octanol–water partition coefficient (Wildman–Crippen LogP) is 3.18. The molecule has 0 bridgehead atoms. The normalized spacial score (nSPS) is 12.6. The molecule has 1 aromatic rings. The Bertz CT molecular complexity index is 297. The number of halogens is 1. The molecule has 0 radical (unpaired) electrons. The molecule has 1 atom stereocenters. The van der Waals surface area contributed by atoms with Crippen molar-refractivity contribution in [3.8, 4) is 5.75 Å². The molecule has 0 heterocycles. The molecule has 0 aromatic heterocycles. The third-order valence-electron chi connectivity index (χ3n) is 1.88. The van der Waals surface area contributed by atoms with E-state index in [0.29, 0.717) is 17.4 Å². The van der Waals surface area contributed by atoms with Gasteiger partial charge in [-0.05, 0) is 31.5 Å². The summed E-state index contributed by atoms with van der Waals surface area (Å²) < 4.78 is 5.48. The Balaban J connectivity index is 2.90. The van der Waals surface area contributed by atoms with Crippen LogP contribution in [0.25, 0.3) is 0 Å². The lowest BCUT2D eigenvalue weighted by Crippen LogP contribution is -2.01. The smallest absolute Gasteiger partial charge is 0.125 e. The van der Waals surface area contributed by atoms with Gasteiger partial charge < -0.3 is 9.84 Å². The molecule has 0 fully saturated rings. The summed E-state index contributed by atoms with van der Waals surface area (Å²) in [5, 5.41) is 10.1. The van der Waals surface area contributed by atoms with Gasteiger partial charge in [0, 0.05) is 10.6 Å². The van der Waals surface area contributed by atoms with E-state index in [0.717, 1.165) is 12.0 Å². The van der Waals surface area contributed by atoms with Crippen LogP contribution in [0.2, 0.25) is 5.02 Å². The maximum absolute atomic E-state index is 9.49. The molecule has 0 aliphatic rings. The fraction of sp³-hybridized carbons (Fsp3) is 0.455. The average Bonchev–Trinajstić information content (AvgIpc) is 2.15. The van der Waals surface area contributed by atoms with E-state index in [-0.39, 0.29) is 0 Å². The van der Waals surface area contributed by atoms with E-state index in [1.54, 1.807) is 25.1 Å². The van der Waals surface area contributed by atoms with E-state index < -0.39 is 6.10 Å². The Labute approximate surface area is 89.5 Å². The summed E-state index contributed by atoms with van der Waals surface area (Å²) >= 11 is 5.83. The van der Waals surface area contributed by atoms with Crippen LogP contribution in [0, 0.1) is 0 Å². The zero-order chi connectivity index (χ0) is 10.6. The molecule has 0 aliphatic heterocycles. The van der Waals surface area contributed by atoms with Crippen molar-refractivity contribution in [3.05, 3.63) is 28.8 Å². The number of aliphatic hydroxyl groups is 1. The van der Waals surface area contributed by atoms with Crippen LogP contribution in [-0.2, 0) is 0 Å². The fourth-order valence-electron chi connectivity index (χ4n) is 1.19. The Hall–Kier alpha value is -0.730. The Morgan fingerprint density at radius 3 is 2.79 bits per heavy atom. The van der Waals surface area contributed by atoms with E-state index >= 15 is 0 Å². The molecule has 0 spiro atoms. The van der Waals surface area contributed by atoms with Crippen LogP contribution in [0.1, 0.15) is 31.9 Å². The van der Waals surface area contributed by atoms with Gasteiger partial charge in [-0.2, -0.15) is 0 Å². The Morgan fingerprint density at radius 1 is 1.50 bits per heavy atom. The van der Waals surface area contributed by atoms with E-state index in [4.69, 9.17) is 16.3 Å². The van der Waals surface area contributed by atoms with Crippen LogP contribution < -0.4 is 4.74 Å². The fourth-order valence-corrected chi connectivity index (χ4v) is 1.37. The molecule has 1 unspecified atom stereocenters. The van der Waals surface area contributed by atoms with Crippen LogP contribution in [0.3, 0.4) is 0 Å². The third-order valence-corrected chi connectivity index (χ3v) is 2.12. The monoisotopic (exact) mass is 214 g/mol. The minimum atomic E-state index is -0.555. The van der Waals surface area contributed by atoms with Crippen molar-refractivity contribution < 1.29 is 9.84 Å². The topological polar surface area (TPSA) is 29.5 Å². The standard InChI is InChI=1S/C11H15ClO2/c1-3-6-14-11-5-4-9(12)7-10(11)8(2)13/h4-5,7-8,13H,3,6H2,1-2H3. The number of rotatable bonds is 4. The SMILES string of the molecule is CCCOc1ccc(Cl)cc1C(C)O. The molecule has 1 aromatic carbocycles. The first-order valence-corrected chi connectivity index (χ1v) is 5.13. The number of hydrogen-bond acceptors (Lipinski definition) is 2. The zero-order valence-corrected chi connectivity index (χ0v) is 9.21. The molecule has 0 amide bonds. The second-order valence-electron chi connectivity index (χ2n) is 3.21. The first-order chi connectivity index (χ1) is 6.65.